The lowest BCUT2D eigenvalue weighted by Crippen LogP contribution is -2.12. The molecular formula is C11H10Cl2N2O4S2. The third-order valence-electron chi connectivity index (χ3n) is 2.44. The second kappa shape index (κ2) is 6.27. The fraction of sp³-hybridized carbons (Fsp3) is 0.182. The molecular weight excluding hydrogens is 359 g/mol. The summed E-state index contributed by atoms with van der Waals surface area (Å²) in [4.78, 5) is 3.70. The van der Waals surface area contributed by atoms with Crippen LogP contribution >= 0.6 is 34.5 Å². The lowest BCUT2D eigenvalue weighted by Gasteiger charge is -2.12. The number of benzene rings is 1. The van der Waals surface area contributed by atoms with Crippen LogP contribution in [0.3, 0.4) is 0 Å². The van der Waals surface area contributed by atoms with E-state index in [4.69, 9.17) is 32.7 Å². The van der Waals surface area contributed by atoms with Crippen molar-refractivity contribution in [1.82, 2.24) is 4.98 Å². The Labute approximate surface area is 135 Å². The van der Waals surface area contributed by atoms with Crippen molar-refractivity contribution < 1.29 is 17.9 Å². The highest BCUT2D eigenvalue weighted by Crippen LogP contribution is 2.37. The minimum absolute atomic E-state index is 0.0154. The summed E-state index contributed by atoms with van der Waals surface area (Å²) < 4.78 is 37.0. The summed E-state index contributed by atoms with van der Waals surface area (Å²) in [6.07, 6.45) is 1.17. The summed E-state index contributed by atoms with van der Waals surface area (Å²) in [6.45, 7) is 0. The van der Waals surface area contributed by atoms with Gasteiger partial charge in [-0.25, -0.2) is 13.4 Å². The third-order valence-corrected chi connectivity index (χ3v) is 5.69. The topological polar surface area (TPSA) is 77.5 Å². The molecule has 0 fully saturated rings. The van der Waals surface area contributed by atoms with Crippen molar-refractivity contribution >= 4 is 50.2 Å². The Bertz CT molecular complexity index is 762. The first-order valence-electron chi connectivity index (χ1n) is 5.43. The van der Waals surface area contributed by atoms with E-state index in [1.54, 1.807) is 0 Å². The third kappa shape index (κ3) is 3.52. The molecule has 0 saturated heterocycles. The smallest absolute Gasteiger partial charge is 0.273 e. The van der Waals surface area contributed by atoms with Crippen molar-refractivity contribution in [1.29, 1.82) is 0 Å². The van der Waals surface area contributed by atoms with Gasteiger partial charge in [0.2, 0.25) is 0 Å². The Balaban J connectivity index is 2.39. The Kier molecular flexibility index (Phi) is 4.82. The van der Waals surface area contributed by atoms with Crippen LogP contribution in [0.4, 0.5) is 5.69 Å². The summed E-state index contributed by atoms with van der Waals surface area (Å²) in [5.74, 6) is 0.744. The number of nitrogens with zero attached hydrogens (tertiary/aromatic N) is 1. The van der Waals surface area contributed by atoms with Crippen LogP contribution in [0, 0.1) is 0 Å². The van der Waals surface area contributed by atoms with E-state index in [0.29, 0.717) is 11.5 Å². The molecule has 1 aromatic heterocycles. The Morgan fingerprint density at radius 3 is 2.33 bits per heavy atom. The van der Waals surface area contributed by atoms with Gasteiger partial charge in [-0.3, -0.25) is 4.72 Å². The number of hydrogen-bond acceptors (Lipinski definition) is 6. The van der Waals surface area contributed by atoms with Crippen molar-refractivity contribution in [3.05, 3.63) is 27.8 Å². The quantitative estimate of drug-likeness (QED) is 0.875. The standard InChI is InChI=1S/C11H10Cl2N2O4S2/c1-18-8-3-6(12)7(4-9(8)19-2)15-21(16,17)10-5-14-11(13)20-10/h3-5,15H,1-2H3. The van der Waals surface area contributed by atoms with Crippen LogP contribution < -0.4 is 14.2 Å². The van der Waals surface area contributed by atoms with E-state index in [-0.39, 0.29) is 19.4 Å². The second-order valence-corrected chi connectivity index (χ2v) is 7.65. The number of hydrogen-bond donors (Lipinski definition) is 1. The number of aromatic nitrogens is 1. The normalized spacial score (nSPS) is 11.2. The Morgan fingerprint density at radius 2 is 1.81 bits per heavy atom. The highest BCUT2D eigenvalue weighted by molar-refractivity contribution is 7.94. The molecule has 2 rings (SSSR count). The monoisotopic (exact) mass is 368 g/mol. The van der Waals surface area contributed by atoms with Gasteiger partial charge < -0.3 is 9.47 Å². The average molecular weight is 369 g/mol. The molecule has 1 heterocycles. The van der Waals surface area contributed by atoms with Gasteiger partial charge in [0.25, 0.3) is 10.0 Å². The summed E-state index contributed by atoms with van der Waals surface area (Å²) in [5.41, 5.74) is 0.166. The predicted molar refractivity (Wildman–Crippen MR) is 82.5 cm³/mol. The lowest BCUT2D eigenvalue weighted by atomic mass is 10.3. The highest BCUT2D eigenvalue weighted by atomic mass is 35.5. The number of thiazole rings is 1. The summed E-state index contributed by atoms with van der Waals surface area (Å²) in [5, 5.41) is 0.173. The first kappa shape index (κ1) is 16.2. The van der Waals surface area contributed by atoms with E-state index in [1.165, 1.54) is 32.5 Å². The number of halogens is 2. The Morgan fingerprint density at radius 1 is 1.19 bits per heavy atom. The van der Waals surface area contributed by atoms with Crippen LogP contribution in [-0.2, 0) is 10.0 Å². The second-order valence-electron chi connectivity index (χ2n) is 3.72. The van der Waals surface area contributed by atoms with Gasteiger partial charge in [0.05, 0.1) is 31.1 Å². The summed E-state index contributed by atoms with van der Waals surface area (Å²) in [6, 6.07) is 2.89. The first-order chi connectivity index (χ1) is 9.87. The maximum absolute atomic E-state index is 12.2. The van der Waals surface area contributed by atoms with Gasteiger partial charge in [0, 0.05) is 12.1 Å². The van der Waals surface area contributed by atoms with Crippen LogP contribution in [0.15, 0.2) is 22.5 Å². The predicted octanol–water partition coefficient (Wildman–Crippen LogP) is 3.27. The van der Waals surface area contributed by atoms with E-state index in [2.05, 4.69) is 9.71 Å². The molecule has 6 nitrogen and oxygen atoms in total. The lowest BCUT2D eigenvalue weighted by molar-refractivity contribution is 0.355. The van der Waals surface area contributed by atoms with E-state index < -0.39 is 10.0 Å². The largest absolute Gasteiger partial charge is 0.493 e. The molecule has 21 heavy (non-hydrogen) atoms. The maximum atomic E-state index is 12.2. The van der Waals surface area contributed by atoms with Crippen LogP contribution in [0.25, 0.3) is 0 Å². The molecule has 0 saturated carbocycles. The van der Waals surface area contributed by atoms with E-state index >= 15 is 0 Å². The van der Waals surface area contributed by atoms with Crippen molar-refractivity contribution in [2.24, 2.45) is 0 Å². The molecule has 0 aliphatic heterocycles. The highest BCUT2D eigenvalue weighted by Gasteiger charge is 2.20. The number of sulfonamides is 1. The first-order valence-corrected chi connectivity index (χ1v) is 8.48. The van der Waals surface area contributed by atoms with Gasteiger partial charge in [0.1, 0.15) is 0 Å². The van der Waals surface area contributed by atoms with E-state index in [9.17, 15) is 8.42 Å². The fourth-order valence-corrected chi connectivity index (χ4v) is 4.11. The zero-order valence-corrected chi connectivity index (χ0v) is 14.0. The van der Waals surface area contributed by atoms with Gasteiger partial charge in [0.15, 0.2) is 20.2 Å². The molecule has 2 aromatic rings. The molecule has 0 aliphatic rings. The molecule has 114 valence electrons. The van der Waals surface area contributed by atoms with E-state index in [1.807, 2.05) is 0 Å². The molecule has 0 bridgehead atoms. The molecule has 0 spiro atoms. The molecule has 1 aromatic carbocycles. The minimum atomic E-state index is -3.82. The van der Waals surface area contributed by atoms with E-state index in [0.717, 1.165) is 11.3 Å². The molecule has 10 heteroatoms. The zero-order valence-electron chi connectivity index (χ0n) is 10.9. The van der Waals surface area contributed by atoms with Crippen LogP contribution in [0.2, 0.25) is 9.49 Å². The summed E-state index contributed by atoms with van der Waals surface area (Å²) in [7, 11) is -0.926. The molecule has 0 atom stereocenters. The molecule has 0 amide bonds. The van der Waals surface area contributed by atoms with Gasteiger partial charge >= 0.3 is 0 Å². The van der Waals surface area contributed by atoms with Crippen molar-refractivity contribution in [3.8, 4) is 11.5 Å². The van der Waals surface area contributed by atoms with Crippen molar-refractivity contribution in [2.45, 2.75) is 4.21 Å². The number of anilines is 1. The SMILES string of the molecule is COc1cc(Cl)c(NS(=O)(=O)c2cnc(Cl)s2)cc1OC. The van der Waals surface area contributed by atoms with Gasteiger partial charge in [-0.15, -0.1) is 0 Å². The number of rotatable bonds is 5. The van der Waals surface area contributed by atoms with Crippen LogP contribution in [-0.4, -0.2) is 27.6 Å². The molecule has 0 aliphatic carbocycles. The Hall–Kier alpha value is -1.22. The van der Waals surface area contributed by atoms with Gasteiger partial charge in [-0.05, 0) is 0 Å². The van der Waals surface area contributed by atoms with Gasteiger partial charge in [-0.1, -0.05) is 34.5 Å². The fourth-order valence-electron chi connectivity index (χ4n) is 1.49. The van der Waals surface area contributed by atoms with Crippen molar-refractivity contribution in [2.75, 3.05) is 18.9 Å². The molecule has 0 radical (unpaired) electrons. The zero-order chi connectivity index (χ0) is 15.6. The molecule has 0 unspecified atom stereocenters. The number of ether oxygens (including phenoxy) is 2. The average Bonchev–Trinajstić information content (AvgIpc) is 2.88. The van der Waals surface area contributed by atoms with Crippen LogP contribution in [0.1, 0.15) is 0 Å². The minimum Gasteiger partial charge on any atom is -0.493 e. The maximum Gasteiger partial charge on any atom is 0.273 e. The van der Waals surface area contributed by atoms with Gasteiger partial charge in [-0.2, -0.15) is 0 Å². The number of nitrogens with one attached hydrogen (secondary N) is 1. The van der Waals surface area contributed by atoms with Crippen LogP contribution in [0.5, 0.6) is 11.5 Å². The van der Waals surface area contributed by atoms with Crippen molar-refractivity contribution in [3.63, 3.8) is 0 Å². The molecule has 1 N–H and O–H groups in total. The number of methoxy groups -OCH3 is 2. The summed E-state index contributed by atoms with van der Waals surface area (Å²) >= 11 is 12.5.